The number of carbonyl (C=O) groups is 2. The Morgan fingerprint density at radius 3 is 2.12 bits per heavy atom. The Hall–Kier alpha value is -1.19. The lowest BCUT2D eigenvalue weighted by molar-refractivity contribution is -0.174. The largest absolute Gasteiger partial charge is 0.481 e. The van der Waals surface area contributed by atoms with E-state index in [0.29, 0.717) is 12.8 Å². The number of hydrogen-bond donors (Lipinski definition) is 3. The third-order valence-electron chi connectivity index (χ3n) is 6.05. The van der Waals surface area contributed by atoms with Crippen molar-refractivity contribution in [2.24, 2.45) is 17.3 Å². The van der Waals surface area contributed by atoms with Gasteiger partial charge in [-0.3, -0.25) is 14.1 Å². The lowest BCUT2D eigenvalue weighted by Gasteiger charge is -2.46. The Morgan fingerprint density at radius 2 is 1.68 bits per heavy atom. The van der Waals surface area contributed by atoms with Crippen molar-refractivity contribution in [2.45, 2.75) is 69.8 Å². The summed E-state index contributed by atoms with van der Waals surface area (Å²) in [5, 5.41) is 19.1. The predicted molar refractivity (Wildman–Crippen MR) is 87.5 cm³/mol. The van der Waals surface area contributed by atoms with E-state index in [-0.39, 0.29) is 25.7 Å². The van der Waals surface area contributed by atoms with Gasteiger partial charge in [0.1, 0.15) is 0 Å². The standard InChI is InChI=1S/C16H26O8S/c1-10-12(13(17)18)8-11(9-15(10,2)14(19)20)24-16(25(21,22)23)6-4-3-5-7-16/h10-12H,3-9H2,1-2H3,(H,17,18)(H,19,20)(H,21,22,23). The molecule has 0 aromatic rings. The quantitative estimate of drug-likeness (QED) is 0.619. The Kier molecular flexibility index (Phi) is 5.51. The van der Waals surface area contributed by atoms with Gasteiger partial charge in [-0.15, -0.1) is 0 Å². The average Bonchev–Trinajstić information content (AvgIpc) is 2.50. The van der Waals surface area contributed by atoms with Crippen LogP contribution in [0.1, 0.15) is 58.8 Å². The molecule has 0 aromatic carbocycles. The summed E-state index contributed by atoms with van der Waals surface area (Å²) in [5.41, 5.74) is -1.35. The molecule has 0 aliphatic heterocycles. The minimum absolute atomic E-state index is 0.00451. The lowest BCUT2D eigenvalue weighted by atomic mass is 9.62. The molecule has 0 spiro atoms. The van der Waals surface area contributed by atoms with Crippen molar-refractivity contribution in [3.8, 4) is 0 Å². The summed E-state index contributed by atoms with van der Waals surface area (Å²) in [7, 11) is -4.51. The zero-order valence-corrected chi connectivity index (χ0v) is 15.3. The monoisotopic (exact) mass is 378 g/mol. The average molecular weight is 378 g/mol. The molecule has 2 aliphatic rings. The van der Waals surface area contributed by atoms with Gasteiger partial charge in [-0.25, -0.2) is 0 Å². The van der Waals surface area contributed by atoms with Crippen molar-refractivity contribution in [1.82, 2.24) is 0 Å². The highest BCUT2D eigenvalue weighted by Crippen LogP contribution is 2.48. The van der Waals surface area contributed by atoms with E-state index in [2.05, 4.69) is 0 Å². The van der Waals surface area contributed by atoms with E-state index in [9.17, 15) is 32.8 Å². The molecule has 2 rings (SSSR count). The Bertz CT molecular complexity index is 637. The molecule has 2 aliphatic carbocycles. The van der Waals surface area contributed by atoms with Crippen LogP contribution in [0.5, 0.6) is 0 Å². The van der Waals surface area contributed by atoms with E-state index < -0.39 is 50.3 Å². The van der Waals surface area contributed by atoms with Crippen molar-refractivity contribution in [2.75, 3.05) is 0 Å². The molecular formula is C16H26O8S. The van der Waals surface area contributed by atoms with E-state index in [1.165, 1.54) is 6.92 Å². The van der Waals surface area contributed by atoms with Gasteiger partial charge in [0.05, 0.1) is 17.4 Å². The second-order valence-corrected chi connectivity index (χ2v) is 9.28. The van der Waals surface area contributed by atoms with Crippen LogP contribution < -0.4 is 0 Å². The molecule has 2 fully saturated rings. The van der Waals surface area contributed by atoms with Crippen LogP contribution in [-0.2, 0) is 24.4 Å². The van der Waals surface area contributed by atoms with Crippen LogP contribution in [0, 0.1) is 17.3 Å². The molecule has 9 heteroatoms. The maximum Gasteiger partial charge on any atom is 0.309 e. The summed E-state index contributed by atoms with van der Waals surface area (Å²) < 4.78 is 39.4. The van der Waals surface area contributed by atoms with Crippen molar-refractivity contribution in [1.29, 1.82) is 0 Å². The number of rotatable bonds is 5. The van der Waals surface area contributed by atoms with Crippen molar-refractivity contribution in [3.05, 3.63) is 0 Å². The fourth-order valence-electron chi connectivity index (χ4n) is 4.19. The van der Waals surface area contributed by atoms with E-state index in [1.54, 1.807) is 6.92 Å². The van der Waals surface area contributed by atoms with E-state index >= 15 is 0 Å². The van der Waals surface area contributed by atoms with Crippen LogP contribution in [-0.4, -0.2) is 46.2 Å². The summed E-state index contributed by atoms with van der Waals surface area (Å²) in [6.45, 7) is 3.05. The number of hydrogen-bond acceptors (Lipinski definition) is 5. The number of aliphatic carboxylic acids is 2. The first-order chi connectivity index (χ1) is 11.4. The summed E-state index contributed by atoms with van der Waals surface area (Å²) in [6, 6.07) is 0. The number of carboxylic acids is 2. The molecule has 25 heavy (non-hydrogen) atoms. The van der Waals surface area contributed by atoms with Crippen LogP contribution in [0.4, 0.5) is 0 Å². The van der Waals surface area contributed by atoms with Crippen LogP contribution in [0.25, 0.3) is 0 Å². The first kappa shape index (κ1) is 20.1. The van der Waals surface area contributed by atoms with E-state index in [4.69, 9.17) is 4.74 Å². The van der Waals surface area contributed by atoms with Gasteiger partial charge in [0.2, 0.25) is 0 Å². The zero-order chi connectivity index (χ0) is 19.0. The van der Waals surface area contributed by atoms with E-state index in [1.807, 2.05) is 0 Å². The van der Waals surface area contributed by atoms with Crippen LogP contribution >= 0.6 is 0 Å². The highest BCUT2D eigenvalue weighted by atomic mass is 32.2. The van der Waals surface area contributed by atoms with Gasteiger partial charge >= 0.3 is 11.9 Å². The third-order valence-corrected chi connectivity index (χ3v) is 7.49. The lowest BCUT2D eigenvalue weighted by Crippen LogP contribution is -2.53. The third kappa shape index (κ3) is 3.68. The van der Waals surface area contributed by atoms with E-state index in [0.717, 1.165) is 6.42 Å². The molecule has 0 amide bonds. The molecule has 144 valence electrons. The van der Waals surface area contributed by atoms with Gasteiger partial charge in [0, 0.05) is 0 Å². The highest BCUT2D eigenvalue weighted by Gasteiger charge is 2.54. The molecule has 0 aromatic heterocycles. The fourth-order valence-corrected chi connectivity index (χ4v) is 5.25. The summed E-state index contributed by atoms with van der Waals surface area (Å²) in [5.74, 6) is -3.85. The van der Waals surface area contributed by atoms with Gasteiger partial charge in [-0.05, 0) is 51.4 Å². The molecule has 4 atom stereocenters. The van der Waals surface area contributed by atoms with Crippen LogP contribution in [0.2, 0.25) is 0 Å². The summed E-state index contributed by atoms with van der Waals surface area (Å²) >= 11 is 0. The van der Waals surface area contributed by atoms with Gasteiger partial charge in [0.25, 0.3) is 10.1 Å². The minimum Gasteiger partial charge on any atom is -0.481 e. The Balaban J connectivity index is 2.34. The zero-order valence-electron chi connectivity index (χ0n) is 14.5. The second kappa shape index (κ2) is 6.85. The smallest absolute Gasteiger partial charge is 0.309 e. The maximum absolute atomic E-state index is 12.0. The molecule has 8 nitrogen and oxygen atoms in total. The van der Waals surface area contributed by atoms with Gasteiger partial charge in [-0.1, -0.05) is 13.3 Å². The Labute approximate surface area is 147 Å². The number of carboxylic acid groups (broad SMARTS) is 2. The molecular weight excluding hydrogens is 352 g/mol. The predicted octanol–water partition coefficient (Wildman–Crippen LogP) is 2.14. The normalized spacial score (nSPS) is 35.9. The van der Waals surface area contributed by atoms with Crippen molar-refractivity contribution in [3.63, 3.8) is 0 Å². The second-order valence-electron chi connectivity index (χ2n) is 7.58. The van der Waals surface area contributed by atoms with Gasteiger partial charge < -0.3 is 14.9 Å². The number of ether oxygens (including phenoxy) is 1. The molecule has 3 N–H and O–H groups in total. The maximum atomic E-state index is 12.0. The van der Waals surface area contributed by atoms with Gasteiger partial charge in [-0.2, -0.15) is 8.42 Å². The highest BCUT2D eigenvalue weighted by molar-refractivity contribution is 7.87. The molecule has 0 bridgehead atoms. The van der Waals surface area contributed by atoms with Crippen molar-refractivity contribution >= 4 is 22.1 Å². The molecule has 0 radical (unpaired) electrons. The fraction of sp³-hybridized carbons (Fsp3) is 0.875. The Morgan fingerprint density at radius 1 is 1.12 bits per heavy atom. The SMILES string of the molecule is CC1C(C(=O)O)CC(OC2(S(=O)(=O)O)CCCCC2)CC1(C)C(=O)O. The minimum atomic E-state index is -4.51. The van der Waals surface area contributed by atoms with Crippen molar-refractivity contribution < 1.29 is 37.5 Å². The molecule has 4 unspecified atom stereocenters. The topological polar surface area (TPSA) is 138 Å². The summed E-state index contributed by atoms with van der Waals surface area (Å²) in [4.78, 5) is 21.6. The first-order valence-electron chi connectivity index (χ1n) is 8.54. The molecule has 0 heterocycles. The molecule has 2 saturated carbocycles. The molecule has 0 saturated heterocycles. The van der Waals surface area contributed by atoms with Crippen LogP contribution in [0.3, 0.4) is 0 Å². The van der Waals surface area contributed by atoms with Gasteiger partial charge in [0.15, 0.2) is 4.93 Å². The first-order valence-corrected chi connectivity index (χ1v) is 9.98. The summed E-state index contributed by atoms with van der Waals surface area (Å²) in [6.07, 6.45) is 1.38. The van der Waals surface area contributed by atoms with Crippen LogP contribution in [0.15, 0.2) is 0 Å².